The molecule has 4 rings (SSSR count). The van der Waals surface area contributed by atoms with Gasteiger partial charge in [-0.25, -0.2) is 0 Å². The molecule has 0 amide bonds. The van der Waals surface area contributed by atoms with Crippen LogP contribution in [0.25, 0.3) is 0 Å². The van der Waals surface area contributed by atoms with Crippen LogP contribution in [0.4, 0.5) is 0 Å². The zero-order valence-electron chi connectivity index (χ0n) is 17.6. The molecule has 0 spiro atoms. The van der Waals surface area contributed by atoms with Crippen molar-refractivity contribution in [2.45, 2.75) is 0 Å². The summed E-state index contributed by atoms with van der Waals surface area (Å²) in [4.78, 5) is 0. The molecule has 4 aromatic carbocycles. The van der Waals surface area contributed by atoms with Crippen LogP contribution in [-0.2, 0) is 15.9 Å². The van der Waals surface area contributed by atoms with Crippen LogP contribution in [0.3, 0.4) is 0 Å². The third-order valence-electron chi connectivity index (χ3n) is 4.83. The molecule has 0 aromatic heterocycles. The van der Waals surface area contributed by atoms with E-state index in [4.69, 9.17) is 19.1 Å². The topological polar surface area (TPSA) is 0 Å². The SMILES string of the molecule is C[PH+](c1ccccc1)c1ccccc1.C[PH+](c1ccccc1)c1ccccc1.[Cl][Pd][Cl]. The number of hydrogen-bond donors (Lipinski definition) is 0. The second-order valence-electron chi connectivity index (χ2n) is 6.76. The molecule has 0 N–H and O–H groups in total. The Morgan fingerprint density at radius 1 is 0.419 bits per heavy atom. The van der Waals surface area contributed by atoms with Crippen molar-refractivity contribution in [3.8, 4) is 0 Å². The van der Waals surface area contributed by atoms with Gasteiger partial charge in [0.05, 0.1) is 50.4 Å². The van der Waals surface area contributed by atoms with E-state index < -0.39 is 15.8 Å². The van der Waals surface area contributed by atoms with E-state index in [1.165, 1.54) is 21.2 Å². The molecule has 0 heterocycles. The van der Waals surface area contributed by atoms with Crippen LogP contribution in [0.15, 0.2) is 121 Å². The van der Waals surface area contributed by atoms with Gasteiger partial charge >= 0.3 is 35.0 Å². The molecule has 31 heavy (non-hydrogen) atoms. The second kappa shape index (κ2) is 15.7. The monoisotopic (exact) mass is 578 g/mol. The van der Waals surface area contributed by atoms with Crippen molar-refractivity contribution in [3.63, 3.8) is 0 Å². The minimum absolute atomic E-state index is 0.106. The van der Waals surface area contributed by atoms with E-state index in [9.17, 15) is 0 Å². The summed E-state index contributed by atoms with van der Waals surface area (Å²) in [7, 11) is 8.54. The Kier molecular flexibility index (Phi) is 13.3. The van der Waals surface area contributed by atoms with Crippen LogP contribution in [0, 0.1) is 0 Å². The Morgan fingerprint density at radius 2 is 0.581 bits per heavy atom. The summed E-state index contributed by atoms with van der Waals surface area (Å²) in [5, 5.41) is 5.90. The van der Waals surface area contributed by atoms with Gasteiger partial charge in [0.2, 0.25) is 0 Å². The second-order valence-corrected chi connectivity index (χ2v) is 13.9. The minimum atomic E-state index is -0.545. The molecule has 0 aliphatic carbocycles. The summed E-state index contributed by atoms with van der Waals surface area (Å²) in [6.45, 7) is 4.69. The summed E-state index contributed by atoms with van der Waals surface area (Å²) >= 11 is -0.106. The molecule has 0 saturated carbocycles. The molecule has 0 saturated heterocycles. The number of halogens is 2. The zero-order chi connectivity index (χ0) is 22.3. The Hall–Kier alpha value is -1.02. The molecule has 0 unspecified atom stereocenters. The van der Waals surface area contributed by atoms with E-state index in [1.807, 2.05) is 0 Å². The van der Waals surface area contributed by atoms with Crippen LogP contribution in [0.2, 0.25) is 0 Å². The van der Waals surface area contributed by atoms with Gasteiger partial charge in [-0.05, 0) is 48.5 Å². The molecular weight excluding hydrogens is 552 g/mol. The standard InChI is InChI=1S/2C13H13P.2ClH.Pd/c2*1-14(12-8-4-2-5-9-12)13-10-6-3-7-11-13;;;/h2*2-11H,1H3;2*1H;/q;;;;+2. The van der Waals surface area contributed by atoms with E-state index >= 15 is 0 Å². The van der Waals surface area contributed by atoms with Crippen molar-refractivity contribution < 1.29 is 15.9 Å². The fourth-order valence-corrected chi connectivity index (χ4v) is 6.52. The van der Waals surface area contributed by atoms with Crippen LogP contribution in [-0.4, -0.2) is 13.3 Å². The van der Waals surface area contributed by atoms with Gasteiger partial charge in [0.15, 0.2) is 0 Å². The summed E-state index contributed by atoms with van der Waals surface area (Å²) in [5.41, 5.74) is 0. The first-order valence-corrected chi connectivity index (χ1v) is 17.9. The molecule has 0 atom stereocenters. The fourth-order valence-electron chi connectivity index (χ4n) is 3.09. The third-order valence-corrected chi connectivity index (χ3v) is 9.62. The van der Waals surface area contributed by atoms with Crippen LogP contribution in [0.5, 0.6) is 0 Å². The predicted molar refractivity (Wildman–Crippen MR) is 144 cm³/mol. The quantitative estimate of drug-likeness (QED) is 0.196. The third kappa shape index (κ3) is 9.56. The van der Waals surface area contributed by atoms with Gasteiger partial charge < -0.3 is 0 Å². The van der Waals surface area contributed by atoms with Gasteiger partial charge in [0, 0.05) is 0 Å². The van der Waals surface area contributed by atoms with Crippen molar-refractivity contribution in [1.29, 1.82) is 0 Å². The predicted octanol–water partition coefficient (Wildman–Crippen LogP) is 6.34. The zero-order valence-corrected chi connectivity index (χ0v) is 22.7. The molecule has 0 fully saturated rings. The number of benzene rings is 4. The maximum absolute atomic E-state index is 4.81. The number of rotatable bonds is 4. The van der Waals surface area contributed by atoms with E-state index in [2.05, 4.69) is 135 Å². The molecular formula is C26H28Cl2P2Pd+2. The molecule has 0 bridgehead atoms. The Morgan fingerprint density at radius 3 is 0.742 bits per heavy atom. The fraction of sp³-hybridized carbons (Fsp3) is 0.0769. The van der Waals surface area contributed by atoms with Crippen molar-refractivity contribution in [1.82, 2.24) is 0 Å². The summed E-state index contributed by atoms with van der Waals surface area (Å²) in [5.74, 6) is 0. The van der Waals surface area contributed by atoms with Gasteiger partial charge in [0.1, 0.15) is 0 Å². The number of hydrogen-bond acceptors (Lipinski definition) is 0. The first kappa shape index (κ1) is 26.2. The summed E-state index contributed by atoms with van der Waals surface area (Å²) in [6.07, 6.45) is 0. The van der Waals surface area contributed by atoms with Gasteiger partial charge in [0.25, 0.3) is 0 Å². The molecule has 4 aromatic rings. The molecule has 0 aliphatic rings. The van der Waals surface area contributed by atoms with E-state index in [-0.39, 0.29) is 15.9 Å². The maximum atomic E-state index is 4.81. The molecule has 0 aliphatic heterocycles. The first-order chi connectivity index (χ1) is 15.2. The molecule has 0 radical (unpaired) electrons. The summed E-state index contributed by atoms with van der Waals surface area (Å²) < 4.78 is 0. The van der Waals surface area contributed by atoms with Crippen LogP contribution >= 0.6 is 34.9 Å². The first-order valence-electron chi connectivity index (χ1n) is 9.88. The molecule has 5 heteroatoms. The molecule has 0 nitrogen and oxygen atoms in total. The van der Waals surface area contributed by atoms with Gasteiger partial charge in [-0.2, -0.15) is 0 Å². The van der Waals surface area contributed by atoms with Crippen molar-refractivity contribution in [2.75, 3.05) is 13.3 Å². The normalized spacial score (nSPS) is 10.1. The van der Waals surface area contributed by atoms with Crippen molar-refractivity contribution >= 4 is 56.1 Å². The van der Waals surface area contributed by atoms with E-state index in [1.54, 1.807) is 0 Å². The van der Waals surface area contributed by atoms with Crippen LogP contribution in [0.1, 0.15) is 0 Å². The van der Waals surface area contributed by atoms with E-state index in [0.717, 1.165) is 0 Å². The van der Waals surface area contributed by atoms with Crippen molar-refractivity contribution in [2.24, 2.45) is 0 Å². The van der Waals surface area contributed by atoms with E-state index in [0.29, 0.717) is 0 Å². The average molecular weight is 580 g/mol. The van der Waals surface area contributed by atoms with Gasteiger partial charge in [-0.1, -0.05) is 72.8 Å². The van der Waals surface area contributed by atoms with Crippen LogP contribution < -0.4 is 21.2 Å². The Labute approximate surface area is 205 Å². The van der Waals surface area contributed by atoms with Crippen molar-refractivity contribution in [3.05, 3.63) is 121 Å². The van der Waals surface area contributed by atoms with Gasteiger partial charge in [-0.3, -0.25) is 0 Å². The van der Waals surface area contributed by atoms with Gasteiger partial charge in [-0.15, -0.1) is 0 Å². The average Bonchev–Trinajstić information content (AvgIpc) is 2.86. The molecule has 164 valence electrons. The Balaban J connectivity index is 0.000000196. The summed E-state index contributed by atoms with van der Waals surface area (Å²) in [6, 6.07) is 43.0. The Bertz CT molecular complexity index is 796.